The van der Waals surface area contributed by atoms with Gasteiger partial charge in [0.2, 0.25) is 11.9 Å². The lowest BCUT2D eigenvalue weighted by molar-refractivity contribution is 0.112. The molecule has 0 aliphatic heterocycles. The molecule has 0 spiro atoms. The van der Waals surface area contributed by atoms with Crippen molar-refractivity contribution in [3.63, 3.8) is 0 Å². The highest BCUT2D eigenvalue weighted by molar-refractivity contribution is 5.76. The third-order valence-corrected chi connectivity index (χ3v) is 5.08. The van der Waals surface area contributed by atoms with Crippen LogP contribution in [0, 0.1) is 11.6 Å². The fourth-order valence-corrected chi connectivity index (χ4v) is 3.70. The maximum atomic E-state index is 14.2. The van der Waals surface area contributed by atoms with Gasteiger partial charge in [-0.05, 0) is 51.7 Å². The highest BCUT2D eigenvalue weighted by Crippen LogP contribution is 2.35. The normalized spacial score (nSPS) is 19.7. The number of halogens is 2. The molecule has 1 saturated carbocycles. The van der Waals surface area contributed by atoms with E-state index in [0.717, 1.165) is 12.8 Å². The van der Waals surface area contributed by atoms with Gasteiger partial charge in [-0.2, -0.15) is 4.98 Å². The van der Waals surface area contributed by atoms with E-state index in [4.69, 9.17) is 0 Å². The first-order chi connectivity index (χ1) is 13.9. The molecule has 9 heteroatoms. The first-order valence-electron chi connectivity index (χ1n) is 9.83. The van der Waals surface area contributed by atoms with E-state index in [2.05, 4.69) is 25.6 Å². The van der Waals surface area contributed by atoms with E-state index in [-0.39, 0.29) is 23.9 Å². The van der Waals surface area contributed by atoms with Crippen molar-refractivity contribution in [1.82, 2.24) is 19.5 Å². The van der Waals surface area contributed by atoms with Crippen molar-refractivity contribution < 1.29 is 13.9 Å². The van der Waals surface area contributed by atoms with Crippen molar-refractivity contribution >= 4 is 28.7 Å². The Morgan fingerprint density at radius 3 is 2.45 bits per heavy atom. The number of nitrogens with one attached hydrogen (secondary N) is 2. The van der Waals surface area contributed by atoms with Gasteiger partial charge >= 0.3 is 0 Å². The Labute approximate surface area is 167 Å². The lowest BCUT2D eigenvalue weighted by Crippen LogP contribution is -2.22. The van der Waals surface area contributed by atoms with E-state index in [1.807, 2.05) is 18.4 Å². The minimum absolute atomic E-state index is 0.00235. The van der Waals surface area contributed by atoms with Gasteiger partial charge in [0.15, 0.2) is 5.65 Å². The zero-order valence-electron chi connectivity index (χ0n) is 16.4. The Balaban J connectivity index is 1.80. The number of aromatic nitrogens is 4. The maximum Gasteiger partial charge on any atom is 0.224 e. The van der Waals surface area contributed by atoms with Crippen LogP contribution in [0.15, 0.2) is 24.4 Å². The molecule has 7 nitrogen and oxygen atoms in total. The average molecular weight is 402 g/mol. The van der Waals surface area contributed by atoms with E-state index >= 15 is 0 Å². The molecule has 4 rings (SSSR count). The molecule has 1 aromatic carbocycles. The number of anilines is 3. The monoisotopic (exact) mass is 402 g/mol. The predicted octanol–water partition coefficient (Wildman–Crippen LogP) is 4.14. The van der Waals surface area contributed by atoms with Crippen molar-refractivity contribution in [2.24, 2.45) is 0 Å². The van der Waals surface area contributed by atoms with Crippen molar-refractivity contribution in [3.05, 3.63) is 36.0 Å². The molecular weight excluding hydrogens is 378 g/mol. The fourth-order valence-electron chi connectivity index (χ4n) is 3.70. The largest absolute Gasteiger partial charge is 0.393 e. The molecule has 29 heavy (non-hydrogen) atoms. The van der Waals surface area contributed by atoms with E-state index in [9.17, 15) is 13.9 Å². The Kier molecular flexibility index (Phi) is 5.31. The number of nitrogens with zero attached hydrogens (tertiary/aromatic N) is 4. The molecule has 1 fully saturated rings. The second-order valence-electron chi connectivity index (χ2n) is 7.69. The number of aliphatic hydroxyl groups is 1. The van der Waals surface area contributed by atoms with E-state index in [0.29, 0.717) is 35.9 Å². The van der Waals surface area contributed by atoms with Gasteiger partial charge in [0.05, 0.1) is 12.3 Å². The summed E-state index contributed by atoms with van der Waals surface area (Å²) in [5.74, 6) is -0.624. The summed E-state index contributed by atoms with van der Waals surface area (Å²) in [5.41, 5.74) is 0.863. The highest BCUT2D eigenvalue weighted by Gasteiger charge is 2.27. The smallest absolute Gasteiger partial charge is 0.224 e. The van der Waals surface area contributed by atoms with E-state index in [1.54, 1.807) is 6.20 Å². The zero-order chi connectivity index (χ0) is 20.5. The van der Waals surface area contributed by atoms with Crippen LogP contribution in [0.4, 0.5) is 26.4 Å². The van der Waals surface area contributed by atoms with Gasteiger partial charge in [-0.3, -0.25) is 4.57 Å². The molecule has 0 unspecified atom stereocenters. The standard InChI is InChI=1S/C20H24F2N6O/c1-11(2)24-19-23-10-16-18(27-19)28(12-6-8-13(29)9-7-12)20(25-16)26-17-14(21)4-3-5-15(17)22/h3-5,10-13,29H,6-9H2,1-2H3,(H,25,26)(H,23,24,27)/t12-,13+. The summed E-state index contributed by atoms with van der Waals surface area (Å²) in [7, 11) is 0. The molecule has 3 aromatic rings. The maximum absolute atomic E-state index is 14.2. The Bertz CT molecular complexity index is 993. The quantitative estimate of drug-likeness (QED) is 0.594. The van der Waals surface area contributed by atoms with Gasteiger partial charge < -0.3 is 15.7 Å². The first-order valence-corrected chi connectivity index (χ1v) is 9.83. The Morgan fingerprint density at radius 1 is 1.10 bits per heavy atom. The summed E-state index contributed by atoms with van der Waals surface area (Å²) in [6.07, 6.45) is 4.02. The summed E-state index contributed by atoms with van der Waals surface area (Å²) < 4.78 is 30.3. The Morgan fingerprint density at radius 2 is 1.79 bits per heavy atom. The number of benzene rings is 1. The number of imidazole rings is 1. The molecule has 0 amide bonds. The Hall–Kier alpha value is -2.81. The van der Waals surface area contributed by atoms with Crippen molar-refractivity contribution in [3.8, 4) is 0 Å². The molecule has 154 valence electrons. The number of hydrogen-bond acceptors (Lipinski definition) is 6. The van der Waals surface area contributed by atoms with Gasteiger partial charge in [-0.1, -0.05) is 6.07 Å². The number of rotatable bonds is 5. The van der Waals surface area contributed by atoms with Crippen LogP contribution in [0.5, 0.6) is 0 Å². The summed E-state index contributed by atoms with van der Waals surface area (Å²) in [6, 6.07) is 3.86. The minimum atomic E-state index is -0.698. The predicted molar refractivity (Wildman–Crippen MR) is 107 cm³/mol. The third kappa shape index (κ3) is 4.00. The van der Waals surface area contributed by atoms with Crippen LogP contribution in [0.25, 0.3) is 11.2 Å². The lowest BCUT2D eigenvalue weighted by atomic mass is 9.93. The summed E-state index contributed by atoms with van der Waals surface area (Å²) in [4.78, 5) is 13.4. The van der Waals surface area contributed by atoms with Gasteiger partial charge in [-0.15, -0.1) is 0 Å². The molecule has 0 saturated heterocycles. The average Bonchev–Trinajstić information content (AvgIpc) is 3.02. The van der Waals surface area contributed by atoms with Crippen molar-refractivity contribution in [2.45, 2.75) is 57.7 Å². The summed E-state index contributed by atoms with van der Waals surface area (Å²) in [6.45, 7) is 3.97. The molecule has 1 aliphatic carbocycles. The zero-order valence-corrected chi connectivity index (χ0v) is 16.4. The van der Waals surface area contributed by atoms with Crippen LogP contribution in [0.2, 0.25) is 0 Å². The molecule has 3 N–H and O–H groups in total. The molecule has 1 aliphatic rings. The molecule has 2 heterocycles. The summed E-state index contributed by atoms with van der Waals surface area (Å²) in [5, 5.41) is 15.9. The second-order valence-corrected chi connectivity index (χ2v) is 7.69. The minimum Gasteiger partial charge on any atom is -0.393 e. The lowest BCUT2D eigenvalue weighted by Gasteiger charge is -2.28. The van der Waals surface area contributed by atoms with Crippen LogP contribution < -0.4 is 10.6 Å². The van der Waals surface area contributed by atoms with Crippen LogP contribution in [0.3, 0.4) is 0 Å². The molecule has 0 radical (unpaired) electrons. The van der Waals surface area contributed by atoms with Gasteiger partial charge in [0, 0.05) is 12.1 Å². The van der Waals surface area contributed by atoms with Crippen molar-refractivity contribution in [2.75, 3.05) is 10.6 Å². The molecule has 0 bridgehead atoms. The van der Waals surface area contributed by atoms with Crippen molar-refractivity contribution in [1.29, 1.82) is 0 Å². The third-order valence-electron chi connectivity index (χ3n) is 5.08. The van der Waals surface area contributed by atoms with Gasteiger partial charge in [-0.25, -0.2) is 18.7 Å². The first kappa shape index (κ1) is 19.5. The van der Waals surface area contributed by atoms with Crippen LogP contribution >= 0.6 is 0 Å². The topological polar surface area (TPSA) is 87.9 Å². The van der Waals surface area contributed by atoms with Crippen LogP contribution in [0.1, 0.15) is 45.6 Å². The fraction of sp³-hybridized carbons (Fsp3) is 0.450. The molecule has 2 aromatic heterocycles. The number of fused-ring (bicyclic) bond motifs is 1. The van der Waals surface area contributed by atoms with E-state index < -0.39 is 11.6 Å². The molecular formula is C20H24F2N6O. The van der Waals surface area contributed by atoms with Crippen LogP contribution in [-0.4, -0.2) is 36.8 Å². The number of hydrogen-bond donors (Lipinski definition) is 3. The SMILES string of the molecule is CC(C)Nc1ncc2nc(Nc3c(F)cccc3F)n([C@H]3CC[C@@H](O)CC3)c2n1. The summed E-state index contributed by atoms with van der Waals surface area (Å²) >= 11 is 0. The van der Waals surface area contributed by atoms with E-state index in [1.165, 1.54) is 18.2 Å². The highest BCUT2D eigenvalue weighted by atomic mass is 19.1. The van der Waals surface area contributed by atoms with Crippen LogP contribution in [-0.2, 0) is 0 Å². The van der Waals surface area contributed by atoms with Gasteiger partial charge in [0.25, 0.3) is 0 Å². The number of aliphatic hydroxyl groups excluding tert-OH is 1. The van der Waals surface area contributed by atoms with Gasteiger partial charge in [0.1, 0.15) is 22.8 Å². The molecule has 0 atom stereocenters. The number of para-hydroxylation sites is 1. The second kappa shape index (κ2) is 7.90.